The monoisotopic (exact) mass is 318 g/mol. The Morgan fingerprint density at radius 1 is 1.00 bits per heavy atom. The van der Waals surface area contributed by atoms with E-state index in [-0.39, 0.29) is 5.63 Å². The Morgan fingerprint density at radius 3 is 2.11 bits per heavy atom. The zero-order chi connectivity index (χ0) is 14.2. The summed E-state index contributed by atoms with van der Waals surface area (Å²) >= 11 is -2.30. The van der Waals surface area contributed by atoms with Crippen LogP contribution in [0.15, 0.2) is 39.5 Å². The third-order valence-electron chi connectivity index (χ3n) is 3.42. The molecule has 19 heavy (non-hydrogen) atoms. The van der Waals surface area contributed by atoms with Crippen molar-refractivity contribution in [3.05, 3.63) is 52.1 Å². The van der Waals surface area contributed by atoms with Crippen LogP contribution in [-0.2, 0) is 0 Å². The van der Waals surface area contributed by atoms with Crippen molar-refractivity contribution in [2.24, 2.45) is 0 Å². The molecule has 1 aromatic heterocycles. The van der Waals surface area contributed by atoms with Gasteiger partial charge in [-0.3, -0.25) is 0 Å². The Labute approximate surface area is 116 Å². The van der Waals surface area contributed by atoms with Gasteiger partial charge in [0, 0.05) is 0 Å². The number of hydrogen-bond acceptors (Lipinski definition) is 2. The minimum atomic E-state index is -2.30. The molecule has 0 aliphatic heterocycles. The van der Waals surface area contributed by atoms with Gasteiger partial charge in [0.2, 0.25) is 0 Å². The molecule has 0 N–H and O–H groups in total. The molecular weight excluding hydrogens is 297 g/mol. The molecule has 0 bridgehead atoms. The molecule has 100 valence electrons. The fourth-order valence-corrected chi connectivity index (χ4v) is 6.04. The first-order chi connectivity index (χ1) is 8.82. The maximum atomic E-state index is 12.3. The van der Waals surface area contributed by atoms with Crippen LogP contribution >= 0.6 is 0 Å². The molecule has 1 aromatic carbocycles. The SMILES string of the molecule is Cc1oc(=O)[c]([Ge]([CH3])([CH3])[CH3])c(-c2ccccc2)c1C. The van der Waals surface area contributed by atoms with Gasteiger partial charge in [-0.15, -0.1) is 0 Å². The van der Waals surface area contributed by atoms with Crippen LogP contribution in [0.2, 0.25) is 17.3 Å². The van der Waals surface area contributed by atoms with Crippen molar-refractivity contribution in [3.8, 4) is 11.1 Å². The van der Waals surface area contributed by atoms with E-state index in [1.807, 2.05) is 32.0 Å². The second kappa shape index (κ2) is 5.01. The Bertz CT molecular complexity index is 649. The van der Waals surface area contributed by atoms with Gasteiger partial charge in [0.25, 0.3) is 0 Å². The quantitative estimate of drug-likeness (QED) is 0.794. The van der Waals surface area contributed by atoms with Crippen molar-refractivity contribution < 1.29 is 4.42 Å². The van der Waals surface area contributed by atoms with Crippen molar-refractivity contribution in [2.75, 3.05) is 0 Å². The van der Waals surface area contributed by atoms with Gasteiger partial charge in [0.15, 0.2) is 0 Å². The molecule has 0 fully saturated rings. The molecule has 2 nitrogen and oxygen atoms in total. The molecule has 3 heteroatoms. The number of rotatable bonds is 2. The molecular formula is C16H20GeO2. The van der Waals surface area contributed by atoms with Crippen LogP contribution in [-0.4, -0.2) is 13.3 Å². The molecule has 0 spiro atoms. The van der Waals surface area contributed by atoms with Crippen LogP contribution in [0.5, 0.6) is 0 Å². The standard InChI is InChI=1S/C16H20GeO2/c1-11-12(2)19-16(18)15(17(3,4)5)14(11)13-9-7-6-8-10-13/h6-10H,1-5H3. The van der Waals surface area contributed by atoms with Gasteiger partial charge < -0.3 is 0 Å². The summed E-state index contributed by atoms with van der Waals surface area (Å²) in [6.07, 6.45) is 0. The molecule has 0 unspecified atom stereocenters. The fraction of sp³-hybridized carbons (Fsp3) is 0.312. The minimum absolute atomic E-state index is 0.144. The average Bonchev–Trinajstić information content (AvgIpc) is 2.33. The molecule has 0 atom stereocenters. The average molecular weight is 317 g/mol. The van der Waals surface area contributed by atoms with Crippen molar-refractivity contribution >= 4 is 17.7 Å². The molecule has 0 radical (unpaired) electrons. The van der Waals surface area contributed by atoms with Crippen LogP contribution < -0.4 is 10.0 Å². The predicted molar refractivity (Wildman–Crippen MR) is 82.9 cm³/mol. The van der Waals surface area contributed by atoms with Gasteiger partial charge in [-0.1, -0.05) is 0 Å². The van der Waals surface area contributed by atoms with Gasteiger partial charge in [-0.05, 0) is 0 Å². The van der Waals surface area contributed by atoms with E-state index < -0.39 is 13.3 Å². The van der Waals surface area contributed by atoms with Crippen LogP contribution in [0.1, 0.15) is 11.3 Å². The molecule has 0 saturated heterocycles. The summed E-state index contributed by atoms with van der Waals surface area (Å²) in [4.78, 5) is 12.3. The van der Waals surface area contributed by atoms with E-state index in [9.17, 15) is 4.79 Å². The molecule has 0 aliphatic carbocycles. The molecule has 0 aliphatic rings. The number of hydrogen-bond donors (Lipinski definition) is 0. The molecule has 0 amide bonds. The van der Waals surface area contributed by atoms with Gasteiger partial charge in [0.05, 0.1) is 0 Å². The second-order valence-corrected chi connectivity index (χ2v) is 16.4. The second-order valence-electron chi connectivity index (χ2n) is 5.94. The number of aryl methyl sites for hydroxylation is 1. The van der Waals surface area contributed by atoms with Crippen molar-refractivity contribution in [1.29, 1.82) is 0 Å². The summed E-state index contributed by atoms with van der Waals surface area (Å²) in [5.41, 5.74) is 3.16. The summed E-state index contributed by atoms with van der Waals surface area (Å²) in [5.74, 6) is 7.41. The predicted octanol–water partition coefficient (Wildman–Crippen LogP) is 3.47. The fourth-order valence-electron chi connectivity index (χ4n) is 2.38. The Hall–Kier alpha value is -1.29. The van der Waals surface area contributed by atoms with Crippen molar-refractivity contribution in [3.63, 3.8) is 0 Å². The summed E-state index contributed by atoms with van der Waals surface area (Å²) in [6, 6.07) is 10.2. The first-order valence-corrected chi connectivity index (χ1v) is 13.9. The van der Waals surface area contributed by atoms with E-state index in [4.69, 9.17) is 4.42 Å². The molecule has 2 aromatic rings. The van der Waals surface area contributed by atoms with Crippen LogP contribution in [0.3, 0.4) is 0 Å². The van der Waals surface area contributed by atoms with Gasteiger partial charge in [0.1, 0.15) is 0 Å². The van der Waals surface area contributed by atoms with E-state index in [0.717, 1.165) is 26.8 Å². The molecule has 1 heterocycles. The molecule has 2 rings (SSSR count). The summed E-state index contributed by atoms with van der Waals surface area (Å²) in [7, 11) is 0. The van der Waals surface area contributed by atoms with Crippen molar-refractivity contribution in [1.82, 2.24) is 0 Å². The van der Waals surface area contributed by atoms with E-state index in [1.165, 1.54) is 0 Å². The summed E-state index contributed by atoms with van der Waals surface area (Å²) < 4.78 is 6.36. The van der Waals surface area contributed by atoms with Gasteiger partial charge in [-0.25, -0.2) is 0 Å². The van der Waals surface area contributed by atoms with Gasteiger partial charge in [-0.2, -0.15) is 0 Å². The van der Waals surface area contributed by atoms with E-state index in [2.05, 4.69) is 29.4 Å². The third kappa shape index (κ3) is 2.68. The summed E-state index contributed by atoms with van der Waals surface area (Å²) in [6.45, 7) is 3.90. The summed E-state index contributed by atoms with van der Waals surface area (Å²) in [5, 5.41) is 0. The maximum absolute atomic E-state index is 12.3. The normalized spacial score (nSPS) is 11.6. The zero-order valence-corrected chi connectivity index (χ0v) is 14.3. The van der Waals surface area contributed by atoms with Gasteiger partial charge >= 0.3 is 116 Å². The van der Waals surface area contributed by atoms with Crippen LogP contribution in [0.4, 0.5) is 0 Å². The van der Waals surface area contributed by atoms with Crippen LogP contribution in [0.25, 0.3) is 11.1 Å². The Kier molecular flexibility index (Phi) is 3.72. The van der Waals surface area contributed by atoms with Crippen molar-refractivity contribution in [2.45, 2.75) is 31.1 Å². The number of benzene rings is 1. The first-order valence-electron chi connectivity index (χ1n) is 6.52. The third-order valence-corrected chi connectivity index (χ3v) is 7.52. The Balaban J connectivity index is 2.89. The zero-order valence-electron chi connectivity index (χ0n) is 12.2. The van der Waals surface area contributed by atoms with E-state index in [0.29, 0.717) is 0 Å². The van der Waals surface area contributed by atoms with Crippen LogP contribution in [0, 0.1) is 13.8 Å². The van der Waals surface area contributed by atoms with E-state index in [1.54, 1.807) is 0 Å². The van der Waals surface area contributed by atoms with E-state index >= 15 is 0 Å². The Morgan fingerprint density at radius 2 is 1.58 bits per heavy atom. The topological polar surface area (TPSA) is 30.2 Å². The first kappa shape index (κ1) is 14.1. The molecule has 0 saturated carbocycles.